The lowest BCUT2D eigenvalue weighted by Crippen LogP contribution is -2.10. The number of halogens is 2. The molecular weight excluding hydrogens is 297 g/mol. The third-order valence-corrected chi connectivity index (χ3v) is 3.42. The minimum absolute atomic E-state index is 0.231. The standard InChI is InChI=1S/C13H15BrFN3/c1-16-5-4-12-8-18(9-17-12)7-10-2-3-11(15)6-13(10)14/h2-3,6,8-9,16H,4-5,7H2,1H3. The molecule has 1 N–H and O–H groups in total. The summed E-state index contributed by atoms with van der Waals surface area (Å²) in [6, 6.07) is 4.74. The van der Waals surface area contributed by atoms with Crippen LogP contribution in [0.1, 0.15) is 11.3 Å². The first-order valence-corrected chi connectivity index (χ1v) is 6.57. The molecule has 2 aromatic rings. The minimum Gasteiger partial charge on any atom is -0.333 e. The lowest BCUT2D eigenvalue weighted by molar-refractivity contribution is 0.625. The van der Waals surface area contributed by atoms with Crippen LogP contribution in [0.5, 0.6) is 0 Å². The molecule has 5 heteroatoms. The number of nitrogens with one attached hydrogen (secondary N) is 1. The zero-order valence-electron chi connectivity index (χ0n) is 10.2. The van der Waals surface area contributed by atoms with E-state index in [9.17, 15) is 4.39 Å². The molecule has 18 heavy (non-hydrogen) atoms. The summed E-state index contributed by atoms with van der Waals surface area (Å²) >= 11 is 3.37. The van der Waals surface area contributed by atoms with Crippen molar-refractivity contribution < 1.29 is 4.39 Å². The molecular formula is C13H15BrFN3. The van der Waals surface area contributed by atoms with E-state index >= 15 is 0 Å². The predicted molar refractivity (Wildman–Crippen MR) is 73.1 cm³/mol. The van der Waals surface area contributed by atoms with Crippen molar-refractivity contribution in [1.82, 2.24) is 14.9 Å². The molecule has 0 saturated heterocycles. The molecule has 0 saturated carbocycles. The van der Waals surface area contributed by atoms with Gasteiger partial charge < -0.3 is 9.88 Å². The van der Waals surface area contributed by atoms with Crippen molar-refractivity contribution in [1.29, 1.82) is 0 Å². The van der Waals surface area contributed by atoms with Gasteiger partial charge >= 0.3 is 0 Å². The van der Waals surface area contributed by atoms with E-state index in [4.69, 9.17) is 0 Å². The average molecular weight is 312 g/mol. The molecule has 1 heterocycles. The third-order valence-electron chi connectivity index (χ3n) is 2.69. The Morgan fingerprint density at radius 3 is 3.00 bits per heavy atom. The molecule has 3 nitrogen and oxygen atoms in total. The normalized spacial score (nSPS) is 10.8. The van der Waals surface area contributed by atoms with Gasteiger partial charge in [0.1, 0.15) is 5.82 Å². The van der Waals surface area contributed by atoms with Crippen molar-refractivity contribution in [3.8, 4) is 0 Å². The van der Waals surface area contributed by atoms with Crippen LogP contribution in [0.4, 0.5) is 4.39 Å². The van der Waals surface area contributed by atoms with Crippen molar-refractivity contribution in [3.05, 3.63) is 52.3 Å². The van der Waals surface area contributed by atoms with Gasteiger partial charge in [-0.25, -0.2) is 9.37 Å². The zero-order valence-corrected chi connectivity index (χ0v) is 11.7. The topological polar surface area (TPSA) is 29.9 Å². The highest BCUT2D eigenvalue weighted by molar-refractivity contribution is 9.10. The summed E-state index contributed by atoms with van der Waals surface area (Å²) in [6.45, 7) is 1.60. The van der Waals surface area contributed by atoms with Crippen LogP contribution in [-0.4, -0.2) is 23.1 Å². The Hall–Kier alpha value is -1.20. The molecule has 0 atom stereocenters. The van der Waals surface area contributed by atoms with Crippen LogP contribution in [-0.2, 0) is 13.0 Å². The highest BCUT2D eigenvalue weighted by Gasteiger charge is 2.04. The van der Waals surface area contributed by atoms with Gasteiger partial charge in [-0.2, -0.15) is 0 Å². The van der Waals surface area contributed by atoms with E-state index in [0.29, 0.717) is 6.54 Å². The fraction of sp³-hybridized carbons (Fsp3) is 0.308. The highest BCUT2D eigenvalue weighted by atomic mass is 79.9. The summed E-state index contributed by atoms with van der Waals surface area (Å²) in [5, 5.41) is 3.09. The van der Waals surface area contributed by atoms with E-state index in [-0.39, 0.29) is 5.82 Å². The van der Waals surface area contributed by atoms with E-state index in [1.54, 1.807) is 12.4 Å². The van der Waals surface area contributed by atoms with Gasteiger partial charge in [0, 0.05) is 30.2 Å². The Morgan fingerprint density at radius 2 is 2.28 bits per heavy atom. The van der Waals surface area contributed by atoms with Crippen molar-refractivity contribution in [3.63, 3.8) is 0 Å². The minimum atomic E-state index is -0.231. The summed E-state index contributed by atoms with van der Waals surface area (Å²) in [4.78, 5) is 4.33. The lowest BCUT2D eigenvalue weighted by Gasteiger charge is -2.05. The van der Waals surface area contributed by atoms with Gasteiger partial charge in [-0.15, -0.1) is 0 Å². The molecule has 0 unspecified atom stereocenters. The van der Waals surface area contributed by atoms with Gasteiger partial charge in [-0.1, -0.05) is 22.0 Å². The Morgan fingerprint density at radius 1 is 1.44 bits per heavy atom. The second kappa shape index (κ2) is 6.11. The molecule has 96 valence electrons. The maximum absolute atomic E-state index is 13.0. The van der Waals surface area contributed by atoms with Gasteiger partial charge in [0.25, 0.3) is 0 Å². The van der Waals surface area contributed by atoms with Crippen molar-refractivity contribution in [2.45, 2.75) is 13.0 Å². The van der Waals surface area contributed by atoms with E-state index in [1.165, 1.54) is 12.1 Å². The third kappa shape index (κ3) is 3.40. The maximum atomic E-state index is 13.0. The van der Waals surface area contributed by atoms with Crippen LogP contribution in [0.2, 0.25) is 0 Å². The van der Waals surface area contributed by atoms with Gasteiger partial charge in [0.2, 0.25) is 0 Å². The van der Waals surface area contributed by atoms with E-state index < -0.39 is 0 Å². The Balaban J connectivity index is 2.06. The monoisotopic (exact) mass is 311 g/mol. The quantitative estimate of drug-likeness (QED) is 0.920. The van der Waals surface area contributed by atoms with Crippen LogP contribution in [0.25, 0.3) is 0 Å². The molecule has 0 aliphatic carbocycles. The number of hydrogen-bond donors (Lipinski definition) is 1. The molecule has 0 aliphatic heterocycles. The van der Waals surface area contributed by atoms with E-state index in [1.807, 2.05) is 17.8 Å². The first kappa shape index (κ1) is 13.2. The molecule has 1 aromatic heterocycles. The fourth-order valence-corrected chi connectivity index (χ4v) is 2.20. The summed E-state index contributed by atoms with van der Waals surface area (Å²) in [5.74, 6) is -0.231. The lowest BCUT2D eigenvalue weighted by atomic mass is 10.2. The fourth-order valence-electron chi connectivity index (χ4n) is 1.72. The van der Waals surface area contributed by atoms with Crippen LogP contribution in [0.15, 0.2) is 35.2 Å². The number of aromatic nitrogens is 2. The van der Waals surface area contributed by atoms with Gasteiger partial charge in [0.05, 0.1) is 12.0 Å². The number of likely N-dealkylation sites (N-methyl/N-ethyl adjacent to an activating group) is 1. The molecule has 0 spiro atoms. The number of nitrogens with zero attached hydrogens (tertiary/aromatic N) is 2. The Bertz CT molecular complexity index is 525. The van der Waals surface area contributed by atoms with Crippen molar-refractivity contribution in [2.75, 3.05) is 13.6 Å². The second-order valence-corrected chi connectivity index (χ2v) is 4.98. The Kier molecular flexibility index (Phi) is 4.49. The van der Waals surface area contributed by atoms with E-state index in [2.05, 4.69) is 26.2 Å². The van der Waals surface area contributed by atoms with Crippen LogP contribution in [0, 0.1) is 5.82 Å². The number of imidazole rings is 1. The van der Waals surface area contributed by atoms with Gasteiger partial charge in [0.15, 0.2) is 0 Å². The molecule has 0 radical (unpaired) electrons. The predicted octanol–water partition coefficient (Wildman–Crippen LogP) is 2.59. The molecule has 0 bridgehead atoms. The zero-order chi connectivity index (χ0) is 13.0. The van der Waals surface area contributed by atoms with Crippen LogP contribution in [0.3, 0.4) is 0 Å². The molecule has 0 fully saturated rings. The van der Waals surface area contributed by atoms with Crippen LogP contribution >= 0.6 is 15.9 Å². The summed E-state index contributed by atoms with van der Waals surface area (Å²) in [6.07, 6.45) is 4.74. The second-order valence-electron chi connectivity index (χ2n) is 4.13. The first-order valence-electron chi connectivity index (χ1n) is 5.78. The molecule has 0 aliphatic rings. The SMILES string of the molecule is CNCCc1cn(Cc2ccc(F)cc2Br)cn1. The summed E-state index contributed by atoms with van der Waals surface area (Å²) in [7, 11) is 1.92. The van der Waals surface area contributed by atoms with Crippen molar-refractivity contribution in [2.24, 2.45) is 0 Å². The van der Waals surface area contributed by atoms with Crippen molar-refractivity contribution >= 4 is 15.9 Å². The summed E-state index contributed by atoms with van der Waals surface area (Å²) in [5.41, 5.74) is 2.09. The number of hydrogen-bond acceptors (Lipinski definition) is 2. The molecule has 2 rings (SSSR count). The van der Waals surface area contributed by atoms with Gasteiger partial charge in [-0.3, -0.25) is 0 Å². The largest absolute Gasteiger partial charge is 0.333 e. The highest BCUT2D eigenvalue weighted by Crippen LogP contribution is 2.19. The smallest absolute Gasteiger partial charge is 0.124 e. The number of rotatable bonds is 5. The number of benzene rings is 1. The van der Waals surface area contributed by atoms with Gasteiger partial charge in [-0.05, 0) is 24.7 Å². The first-order chi connectivity index (χ1) is 8.69. The molecule has 1 aromatic carbocycles. The summed E-state index contributed by atoms with van der Waals surface area (Å²) < 4.78 is 15.8. The average Bonchev–Trinajstić information content (AvgIpc) is 2.78. The maximum Gasteiger partial charge on any atom is 0.124 e. The molecule has 0 amide bonds. The van der Waals surface area contributed by atoms with Crippen LogP contribution < -0.4 is 5.32 Å². The Labute approximate surface area is 114 Å². The van der Waals surface area contributed by atoms with E-state index in [0.717, 1.165) is 28.7 Å².